The van der Waals surface area contributed by atoms with Crippen LogP contribution in [0.15, 0.2) is 85.6 Å². The van der Waals surface area contributed by atoms with E-state index < -0.39 is 0 Å². The Morgan fingerprint density at radius 3 is 1.25 bits per heavy atom. The van der Waals surface area contributed by atoms with Crippen molar-refractivity contribution in [2.24, 2.45) is 0 Å². The Kier molecular flexibility index (Phi) is 8.10. The van der Waals surface area contributed by atoms with Crippen LogP contribution in [-0.4, -0.2) is 0 Å². The number of benzene rings is 3. The highest BCUT2D eigenvalue weighted by molar-refractivity contribution is 9.28. The van der Waals surface area contributed by atoms with Gasteiger partial charge in [-0.15, -0.1) is 0 Å². The molecule has 0 atom stereocenters. The largest absolute Gasteiger partial charge is 0.0622 e. The lowest BCUT2D eigenvalue weighted by molar-refractivity contribution is 1.53. The maximum atomic E-state index is 3.42. The molecule has 0 N–H and O–H groups in total. The molecule has 0 aliphatic rings. The van der Waals surface area contributed by atoms with Crippen molar-refractivity contribution in [2.75, 3.05) is 0 Å². The van der Waals surface area contributed by atoms with Gasteiger partial charge in [0.2, 0.25) is 0 Å². The lowest BCUT2D eigenvalue weighted by atomic mass is 9.94. The molecule has 0 nitrogen and oxygen atoms in total. The minimum atomic E-state index is 0.925. The highest BCUT2D eigenvalue weighted by Crippen LogP contribution is 2.28. The Bertz CT molecular complexity index is 941. The van der Waals surface area contributed by atoms with E-state index >= 15 is 0 Å². The fourth-order valence-corrected chi connectivity index (χ4v) is 3.88. The van der Waals surface area contributed by atoms with Gasteiger partial charge in [-0.1, -0.05) is 78.9 Å². The van der Waals surface area contributed by atoms with E-state index in [1.54, 1.807) is 0 Å². The molecule has 0 unspecified atom stereocenters. The van der Waals surface area contributed by atoms with Gasteiger partial charge in [-0.05, 0) is 115 Å². The first kappa shape index (κ1) is 21.5. The van der Waals surface area contributed by atoms with Crippen molar-refractivity contribution >= 4 is 87.5 Å². The molecule has 0 spiro atoms. The fourth-order valence-electron chi connectivity index (χ4n) is 2.82. The lowest BCUT2D eigenvalue weighted by Crippen LogP contribution is -1.89. The molecule has 0 aromatic heterocycles. The van der Waals surface area contributed by atoms with E-state index in [2.05, 4.69) is 143 Å². The minimum Gasteiger partial charge on any atom is -0.0622 e. The quantitative estimate of drug-likeness (QED) is 0.248. The van der Waals surface area contributed by atoms with Gasteiger partial charge < -0.3 is 0 Å². The van der Waals surface area contributed by atoms with Crippen LogP contribution in [0.25, 0.3) is 23.8 Å². The molecule has 0 aliphatic heterocycles. The van der Waals surface area contributed by atoms with Crippen molar-refractivity contribution < 1.29 is 0 Å². The molecular weight excluding hydrogens is 608 g/mol. The van der Waals surface area contributed by atoms with Crippen LogP contribution in [0.1, 0.15) is 27.8 Å². The Morgan fingerprint density at radius 2 is 0.857 bits per heavy atom. The van der Waals surface area contributed by atoms with E-state index in [-0.39, 0.29) is 0 Å². The van der Waals surface area contributed by atoms with Crippen molar-refractivity contribution in [1.29, 1.82) is 0 Å². The smallest absolute Gasteiger partial charge is 0.0610 e. The zero-order valence-electron chi connectivity index (χ0n) is 14.7. The van der Waals surface area contributed by atoms with Gasteiger partial charge in [-0.2, -0.15) is 0 Å². The molecule has 3 aromatic rings. The molecule has 0 radical (unpaired) electrons. The summed E-state index contributed by atoms with van der Waals surface area (Å²) in [5.74, 6) is 0. The van der Waals surface area contributed by atoms with Gasteiger partial charge in [0.05, 0.1) is 6.78 Å². The van der Waals surface area contributed by atoms with Gasteiger partial charge in [0.15, 0.2) is 0 Å². The SMILES string of the molecule is BrC(Br)=Cc1ccc(C(=Cc2ccccc2)c2ccc(C=C(Br)Br)cc2)cc1. The third-order valence-corrected chi connectivity index (χ3v) is 5.02. The maximum absolute atomic E-state index is 3.42. The van der Waals surface area contributed by atoms with Crippen molar-refractivity contribution in [3.8, 4) is 0 Å². The van der Waals surface area contributed by atoms with Crippen LogP contribution in [0, 0.1) is 0 Å². The van der Waals surface area contributed by atoms with Crippen LogP contribution in [0.3, 0.4) is 0 Å². The van der Waals surface area contributed by atoms with Crippen LogP contribution in [0.2, 0.25) is 0 Å². The number of rotatable bonds is 5. The van der Waals surface area contributed by atoms with Gasteiger partial charge >= 0.3 is 0 Å². The predicted molar refractivity (Wildman–Crippen MR) is 138 cm³/mol. The summed E-state index contributed by atoms with van der Waals surface area (Å²) in [5, 5.41) is 0. The highest BCUT2D eigenvalue weighted by Gasteiger charge is 2.06. The summed E-state index contributed by atoms with van der Waals surface area (Å²) in [4.78, 5) is 0. The predicted octanol–water partition coefficient (Wildman–Crippen LogP) is 9.45. The normalized spacial score (nSPS) is 10.1. The summed E-state index contributed by atoms with van der Waals surface area (Å²) in [6, 6.07) is 27.5. The Balaban J connectivity index is 2.04. The number of hydrogen-bond donors (Lipinski definition) is 0. The van der Waals surface area contributed by atoms with Crippen LogP contribution in [0.4, 0.5) is 0 Å². The van der Waals surface area contributed by atoms with Gasteiger partial charge in [0, 0.05) is 0 Å². The maximum Gasteiger partial charge on any atom is 0.0610 e. The molecule has 0 saturated heterocycles. The summed E-state index contributed by atoms with van der Waals surface area (Å²) < 4.78 is 1.85. The third kappa shape index (κ3) is 6.41. The van der Waals surface area contributed by atoms with Gasteiger partial charge in [-0.3, -0.25) is 0 Å². The molecule has 140 valence electrons. The third-order valence-electron chi connectivity index (χ3n) is 4.11. The van der Waals surface area contributed by atoms with Crippen molar-refractivity contribution in [3.63, 3.8) is 0 Å². The fraction of sp³-hybridized carbons (Fsp3) is 0. The average Bonchev–Trinajstić information content (AvgIpc) is 2.68. The standard InChI is InChI=1S/C24H16Br4/c25-23(26)15-18-6-10-20(11-7-18)22(14-17-4-2-1-3-5-17)21-12-8-19(9-13-21)16-24(27)28/h1-16H. The molecule has 4 heteroatoms. The molecule has 0 bridgehead atoms. The second-order valence-corrected chi connectivity index (χ2v) is 11.6. The second kappa shape index (κ2) is 10.5. The number of hydrogen-bond acceptors (Lipinski definition) is 0. The van der Waals surface area contributed by atoms with Gasteiger partial charge in [0.1, 0.15) is 0 Å². The topological polar surface area (TPSA) is 0 Å². The second-order valence-electron chi connectivity index (χ2n) is 6.08. The van der Waals surface area contributed by atoms with E-state index in [1.165, 1.54) is 22.3 Å². The Hall–Kier alpha value is -1.20. The van der Waals surface area contributed by atoms with Crippen molar-refractivity contribution in [2.45, 2.75) is 0 Å². The average molecular weight is 624 g/mol. The van der Waals surface area contributed by atoms with E-state index in [1.807, 2.05) is 18.2 Å². The van der Waals surface area contributed by atoms with E-state index in [9.17, 15) is 0 Å². The summed E-state index contributed by atoms with van der Waals surface area (Å²) in [7, 11) is 0. The van der Waals surface area contributed by atoms with Crippen LogP contribution in [0.5, 0.6) is 0 Å². The molecular formula is C24H16Br4. The van der Waals surface area contributed by atoms with E-state index in [4.69, 9.17) is 0 Å². The molecule has 0 amide bonds. The van der Waals surface area contributed by atoms with Crippen LogP contribution < -0.4 is 0 Å². The molecule has 28 heavy (non-hydrogen) atoms. The first-order chi connectivity index (χ1) is 13.5. The molecule has 0 aliphatic carbocycles. The molecule has 0 heterocycles. The van der Waals surface area contributed by atoms with E-state index in [0.717, 1.165) is 17.9 Å². The highest BCUT2D eigenvalue weighted by atomic mass is 79.9. The minimum absolute atomic E-state index is 0.925. The first-order valence-electron chi connectivity index (χ1n) is 8.54. The summed E-state index contributed by atoms with van der Waals surface area (Å²) in [5.41, 5.74) is 6.99. The van der Waals surface area contributed by atoms with E-state index in [0.29, 0.717) is 0 Å². The van der Waals surface area contributed by atoms with Gasteiger partial charge in [-0.25, -0.2) is 0 Å². The van der Waals surface area contributed by atoms with Crippen LogP contribution in [-0.2, 0) is 0 Å². The Morgan fingerprint density at radius 1 is 0.464 bits per heavy atom. The lowest BCUT2D eigenvalue weighted by Gasteiger charge is -2.10. The van der Waals surface area contributed by atoms with Gasteiger partial charge in [0.25, 0.3) is 0 Å². The molecule has 3 aromatic carbocycles. The first-order valence-corrected chi connectivity index (χ1v) is 11.7. The Labute approximate surface area is 199 Å². The summed E-state index contributed by atoms with van der Waals surface area (Å²) >= 11 is 13.7. The number of halogens is 4. The summed E-state index contributed by atoms with van der Waals surface area (Å²) in [6.45, 7) is 0. The monoisotopic (exact) mass is 620 g/mol. The zero-order valence-corrected chi connectivity index (χ0v) is 21.1. The molecule has 0 saturated carbocycles. The summed E-state index contributed by atoms with van der Waals surface area (Å²) in [6.07, 6.45) is 6.30. The molecule has 0 fully saturated rings. The zero-order chi connectivity index (χ0) is 19.9. The van der Waals surface area contributed by atoms with Crippen molar-refractivity contribution in [1.82, 2.24) is 0 Å². The van der Waals surface area contributed by atoms with Crippen LogP contribution >= 0.6 is 63.7 Å². The molecule has 3 rings (SSSR count). The van der Waals surface area contributed by atoms with Crippen molar-refractivity contribution in [3.05, 3.63) is 113 Å².